The van der Waals surface area contributed by atoms with Crippen LogP contribution in [0, 0.1) is 11.8 Å². The van der Waals surface area contributed by atoms with Gasteiger partial charge in [0.05, 0.1) is 0 Å². The van der Waals surface area contributed by atoms with Crippen LogP contribution in [0.5, 0.6) is 0 Å². The summed E-state index contributed by atoms with van der Waals surface area (Å²) >= 11 is 0. The van der Waals surface area contributed by atoms with Gasteiger partial charge >= 0.3 is 5.97 Å². The number of Topliss-reactive ketones (excluding diaryl/α,β-unsaturated/α-hetero) is 1. The fourth-order valence-corrected chi connectivity index (χ4v) is 2.76. The third kappa shape index (κ3) is 4.73. The standard InChI is InChI=1S/C14H28O4Si/c1-9(2)12(11(15)10(3)13(16)17)18-19(7,8)14(4,5)6/h9-10,12H,1-8H3,(H,16,17)/t10?,12-/m1/s1. The molecule has 5 heteroatoms. The molecule has 0 aromatic heterocycles. The SMILES string of the molecule is CC(C(=O)O)C(=O)[C@H](O[Si](C)(C)C(C)(C)C)C(C)C. The maximum atomic E-state index is 12.2. The van der Waals surface area contributed by atoms with Gasteiger partial charge in [0.25, 0.3) is 0 Å². The van der Waals surface area contributed by atoms with Gasteiger partial charge in [0.2, 0.25) is 0 Å². The topological polar surface area (TPSA) is 63.6 Å². The first-order valence-electron chi connectivity index (χ1n) is 6.75. The van der Waals surface area contributed by atoms with Crippen molar-refractivity contribution >= 4 is 20.1 Å². The van der Waals surface area contributed by atoms with Crippen LogP contribution in [0.1, 0.15) is 41.5 Å². The first-order chi connectivity index (χ1) is 8.31. The molecular weight excluding hydrogens is 260 g/mol. The lowest BCUT2D eigenvalue weighted by molar-refractivity contribution is -0.148. The molecule has 0 amide bonds. The number of aliphatic carboxylic acids is 1. The fourth-order valence-electron chi connectivity index (χ4n) is 1.38. The van der Waals surface area contributed by atoms with E-state index in [1.807, 2.05) is 13.8 Å². The van der Waals surface area contributed by atoms with E-state index < -0.39 is 26.3 Å². The molecule has 0 aromatic rings. The van der Waals surface area contributed by atoms with Crippen LogP contribution in [0.25, 0.3) is 0 Å². The van der Waals surface area contributed by atoms with Gasteiger partial charge in [-0.15, -0.1) is 0 Å². The molecule has 1 unspecified atom stereocenters. The van der Waals surface area contributed by atoms with Gasteiger partial charge in [-0.3, -0.25) is 9.59 Å². The molecule has 2 atom stereocenters. The third-order valence-corrected chi connectivity index (χ3v) is 8.37. The lowest BCUT2D eigenvalue weighted by Crippen LogP contribution is -2.49. The predicted molar refractivity (Wildman–Crippen MR) is 78.7 cm³/mol. The molecule has 0 heterocycles. The number of carboxylic acid groups (broad SMARTS) is 1. The van der Waals surface area contributed by atoms with Crippen molar-refractivity contribution in [3.8, 4) is 0 Å². The van der Waals surface area contributed by atoms with Crippen molar-refractivity contribution < 1.29 is 19.1 Å². The number of rotatable bonds is 6. The molecule has 0 bridgehead atoms. The lowest BCUT2D eigenvalue weighted by Gasteiger charge is -2.40. The molecule has 0 aliphatic carbocycles. The molecule has 4 nitrogen and oxygen atoms in total. The molecule has 0 fully saturated rings. The Kier molecular flexibility index (Phi) is 5.96. The number of carboxylic acids is 1. The Hall–Kier alpha value is -0.683. The van der Waals surface area contributed by atoms with Gasteiger partial charge in [-0.2, -0.15) is 0 Å². The van der Waals surface area contributed by atoms with Gasteiger partial charge in [-0.25, -0.2) is 0 Å². The van der Waals surface area contributed by atoms with Crippen molar-refractivity contribution in [2.75, 3.05) is 0 Å². The van der Waals surface area contributed by atoms with Gasteiger partial charge in [-0.1, -0.05) is 34.6 Å². The molecule has 0 rings (SSSR count). The third-order valence-electron chi connectivity index (χ3n) is 3.91. The van der Waals surface area contributed by atoms with E-state index in [0.717, 1.165) is 0 Å². The van der Waals surface area contributed by atoms with E-state index in [1.165, 1.54) is 6.92 Å². The summed E-state index contributed by atoms with van der Waals surface area (Å²) in [4.78, 5) is 23.2. The second-order valence-corrected chi connectivity index (χ2v) is 11.8. The Morgan fingerprint density at radius 1 is 1.11 bits per heavy atom. The summed E-state index contributed by atoms with van der Waals surface area (Å²) in [5.41, 5.74) is 0. The molecular formula is C14H28O4Si. The summed E-state index contributed by atoms with van der Waals surface area (Å²) in [6, 6.07) is 0. The van der Waals surface area contributed by atoms with Crippen LogP contribution in [0.4, 0.5) is 0 Å². The van der Waals surface area contributed by atoms with Gasteiger partial charge in [0.1, 0.15) is 12.0 Å². The largest absolute Gasteiger partial charge is 0.481 e. The van der Waals surface area contributed by atoms with Crippen molar-refractivity contribution in [2.45, 2.75) is 65.8 Å². The summed E-state index contributed by atoms with van der Waals surface area (Å²) < 4.78 is 6.12. The number of carbonyl (C=O) groups is 2. The number of carbonyl (C=O) groups excluding carboxylic acids is 1. The summed E-state index contributed by atoms with van der Waals surface area (Å²) in [6.07, 6.45) is -0.632. The molecule has 0 radical (unpaired) electrons. The van der Waals surface area contributed by atoms with E-state index in [2.05, 4.69) is 33.9 Å². The van der Waals surface area contributed by atoms with Crippen LogP contribution in [0.2, 0.25) is 18.1 Å². The number of ketones is 1. The van der Waals surface area contributed by atoms with Crippen LogP contribution in [-0.4, -0.2) is 31.3 Å². The highest BCUT2D eigenvalue weighted by Gasteiger charge is 2.42. The smallest absolute Gasteiger partial charge is 0.313 e. The Labute approximate surface area is 117 Å². The zero-order valence-corrected chi connectivity index (χ0v) is 14.4. The van der Waals surface area contributed by atoms with E-state index in [4.69, 9.17) is 9.53 Å². The minimum Gasteiger partial charge on any atom is -0.481 e. The van der Waals surface area contributed by atoms with E-state index in [-0.39, 0.29) is 16.7 Å². The number of hydrogen-bond acceptors (Lipinski definition) is 3. The fraction of sp³-hybridized carbons (Fsp3) is 0.857. The van der Waals surface area contributed by atoms with Gasteiger partial charge in [0.15, 0.2) is 14.1 Å². The Bertz CT molecular complexity index is 342. The van der Waals surface area contributed by atoms with Gasteiger partial charge in [-0.05, 0) is 31.0 Å². The second-order valence-electron chi connectivity index (χ2n) is 7.01. The molecule has 0 aliphatic rings. The molecule has 0 saturated carbocycles. The van der Waals surface area contributed by atoms with Gasteiger partial charge in [0, 0.05) is 0 Å². The molecule has 0 saturated heterocycles. The van der Waals surface area contributed by atoms with Crippen LogP contribution < -0.4 is 0 Å². The molecule has 1 N–H and O–H groups in total. The molecule has 112 valence electrons. The Morgan fingerprint density at radius 2 is 1.53 bits per heavy atom. The van der Waals surface area contributed by atoms with Crippen molar-refractivity contribution in [2.24, 2.45) is 11.8 Å². The maximum Gasteiger partial charge on any atom is 0.313 e. The van der Waals surface area contributed by atoms with E-state index in [1.54, 1.807) is 0 Å². The van der Waals surface area contributed by atoms with Gasteiger partial charge < -0.3 is 9.53 Å². The second kappa shape index (κ2) is 6.18. The Balaban J connectivity index is 5.17. The number of hydrogen-bond donors (Lipinski definition) is 1. The van der Waals surface area contributed by atoms with Crippen LogP contribution in [0.3, 0.4) is 0 Å². The lowest BCUT2D eigenvalue weighted by atomic mass is 9.95. The first-order valence-corrected chi connectivity index (χ1v) is 9.66. The van der Waals surface area contributed by atoms with Crippen LogP contribution in [0.15, 0.2) is 0 Å². The minimum absolute atomic E-state index is 0.00706. The first kappa shape index (κ1) is 18.3. The van der Waals surface area contributed by atoms with E-state index >= 15 is 0 Å². The van der Waals surface area contributed by atoms with Crippen molar-refractivity contribution in [3.05, 3.63) is 0 Å². The van der Waals surface area contributed by atoms with Crippen LogP contribution in [-0.2, 0) is 14.0 Å². The zero-order chi connectivity index (χ0) is 15.6. The molecule has 19 heavy (non-hydrogen) atoms. The van der Waals surface area contributed by atoms with Crippen molar-refractivity contribution in [3.63, 3.8) is 0 Å². The normalized spacial score (nSPS) is 16.3. The van der Waals surface area contributed by atoms with Crippen LogP contribution >= 0.6 is 0 Å². The predicted octanol–water partition coefficient (Wildman–Crippen LogP) is 3.32. The Morgan fingerprint density at radius 3 is 1.79 bits per heavy atom. The average molecular weight is 288 g/mol. The molecule has 0 aromatic carbocycles. The quantitative estimate of drug-likeness (QED) is 0.601. The monoisotopic (exact) mass is 288 g/mol. The molecule has 0 aliphatic heterocycles. The summed E-state index contributed by atoms with van der Waals surface area (Å²) in [5.74, 6) is -2.46. The minimum atomic E-state index is -2.09. The summed E-state index contributed by atoms with van der Waals surface area (Å²) in [6.45, 7) is 15.6. The highest BCUT2D eigenvalue weighted by Crippen LogP contribution is 2.38. The van der Waals surface area contributed by atoms with Crippen molar-refractivity contribution in [1.82, 2.24) is 0 Å². The average Bonchev–Trinajstić information content (AvgIpc) is 2.21. The summed E-state index contributed by atoms with van der Waals surface area (Å²) in [7, 11) is -2.09. The zero-order valence-electron chi connectivity index (χ0n) is 13.4. The molecule has 0 spiro atoms. The maximum absolute atomic E-state index is 12.2. The van der Waals surface area contributed by atoms with E-state index in [9.17, 15) is 9.59 Å². The van der Waals surface area contributed by atoms with Crippen molar-refractivity contribution in [1.29, 1.82) is 0 Å². The van der Waals surface area contributed by atoms with E-state index in [0.29, 0.717) is 0 Å². The highest BCUT2D eigenvalue weighted by atomic mass is 28.4. The summed E-state index contributed by atoms with van der Waals surface area (Å²) in [5, 5.41) is 8.97. The highest BCUT2D eigenvalue weighted by molar-refractivity contribution is 6.74.